The molecule has 2 aromatic carbocycles. The van der Waals surface area contributed by atoms with Crippen LogP contribution in [0.25, 0.3) is 5.69 Å². The molecule has 0 radical (unpaired) electrons. The average molecular weight is 438 g/mol. The molecule has 0 bridgehead atoms. The summed E-state index contributed by atoms with van der Waals surface area (Å²) in [5.41, 5.74) is 1.47. The molecule has 152 valence electrons. The number of nitrogens with one attached hydrogen (secondary N) is 1. The minimum Gasteiger partial charge on any atom is -0.296 e. The van der Waals surface area contributed by atoms with Crippen molar-refractivity contribution in [3.63, 3.8) is 0 Å². The van der Waals surface area contributed by atoms with Crippen molar-refractivity contribution < 1.29 is 4.79 Å². The second-order valence-corrected chi connectivity index (χ2v) is 8.41. The number of para-hydroxylation sites is 1. The first-order valence-corrected chi connectivity index (χ1v) is 11.2. The number of carbonyl (C=O) groups is 1. The first kappa shape index (κ1) is 20.2. The average Bonchev–Trinajstić information content (AvgIpc) is 3.43. The highest BCUT2D eigenvalue weighted by molar-refractivity contribution is 7.98. The Labute approximate surface area is 181 Å². The Balaban J connectivity index is 1.48. The molecule has 30 heavy (non-hydrogen) atoms. The number of nitrogens with zero attached hydrogens (tertiary/aromatic N) is 6. The molecule has 10 heteroatoms. The molecular formula is C20H19N7OS2. The van der Waals surface area contributed by atoms with Crippen molar-refractivity contribution in [2.45, 2.75) is 30.4 Å². The van der Waals surface area contributed by atoms with Crippen LogP contribution in [0.5, 0.6) is 0 Å². The molecule has 1 N–H and O–H groups in total. The Kier molecular flexibility index (Phi) is 6.45. The van der Waals surface area contributed by atoms with E-state index in [1.165, 1.54) is 23.1 Å². The Bertz CT molecular complexity index is 1130. The summed E-state index contributed by atoms with van der Waals surface area (Å²) in [6.45, 7) is 2.08. The van der Waals surface area contributed by atoms with Crippen LogP contribution in [0.4, 0.5) is 5.13 Å². The molecule has 0 saturated carbocycles. The molecule has 0 aliphatic heterocycles. The highest BCUT2D eigenvalue weighted by Crippen LogP contribution is 2.27. The molecule has 2 heterocycles. The number of aryl methyl sites for hydroxylation is 1. The molecule has 4 aromatic rings. The van der Waals surface area contributed by atoms with Crippen LogP contribution in [-0.4, -0.2) is 36.3 Å². The maximum atomic E-state index is 12.8. The van der Waals surface area contributed by atoms with E-state index in [0.717, 1.165) is 28.4 Å². The van der Waals surface area contributed by atoms with Gasteiger partial charge in [-0.2, -0.15) is 4.68 Å². The lowest BCUT2D eigenvalue weighted by molar-refractivity contribution is 0.102. The molecule has 8 nitrogen and oxygen atoms in total. The summed E-state index contributed by atoms with van der Waals surface area (Å²) < 4.78 is 1.70. The van der Waals surface area contributed by atoms with Gasteiger partial charge in [0.25, 0.3) is 5.91 Å². The fourth-order valence-electron chi connectivity index (χ4n) is 2.77. The van der Waals surface area contributed by atoms with E-state index in [0.29, 0.717) is 22.3 Å². The van der Waals surface area contributed by atoms with Crippen LogP contribution >= 0.6 is 23.1 Å². The second-order valence-electron chi connectivity index (χ2n) is 6.33. The van der Waals surface area contributed by atoms with Crippen molar-refractivity contribution in [2.75, 3.05) is 5.32 Å². The van der Waals surface area contributed by atoms with Crippen molar-refractivity contribution in [2.24, 2.45) is 0 Å². The molecule has 0 saturated heterocycles. The van der Waals surface area contributed by atoms with E-state index < -0.39 is 0 Å². The molecule has 0 atom stereocenters. The van der Waals surface area contributed by atoms with E-state index in [1.54, 1.807) is 10.7 Å². The van der Waals surface area contributed by atoms with Crippen molar-refractivity contribution >= 4 is 34.1 Å². The van der Waals surface area contributed by atoms with Crippen LogP contribution in [-0.2, 0) is 12.2 Å². The third-order valence-electron chi connectivity index (χ3n) is 4.17. The molecule has 0 fully saturated rings. The summed E-state index contributed by atoms with van der Waals surface area (Å²) in [6.07, 6.45) is 1.85. The molecule has 0 aliphatic carbocycles. The molecule has 0 unspecified atom stereocenters. The van der Waals surface area contributed by atoms with Gasteiger partial charge < -0.3 is 0 Å². The number of aromatic nitrogens is 6. The number of anilines is 1. The lowest BCUT2D eigenvalue weighted by atomic mass is 10.2. The first-order chi connectivity index (χ1) is 14.7. The summed E-state index contributed by atoms with van der Waals surface area (Å²) in [4.78, 5) is 13.7. The summed E-state index contributed by atoms with van der Waals surface area (Å²) >= 11 is 2.92. The Morgan fingerprint density at radius 2 is 1.87 bits per heavy atom. The van der Waals surface area contributed by atoms with Gasteiger partial charge in [0.1, 0.15) is 5.01 Å². The van der Waals surface area contributed by atoms with Gasteiger partial charge in [-0.3, -0.25) is 10.1 Å². The predicted octanol–water partition coefficient (Wildman–Crippen LogP) is 4.01. The van der Waals surface area contributed by atoms with E-state index >= 15 is 0 Å². The highest BCUT2D eigenvalue weighted by atomic mass is 32.2. The Morgan fingerprint density at radius 3 is 2.70 bits per heavy atom. The summed E-state index contributed by atoms with van der Waals surface area (Å²) in [6, 6.07) is 17.2. The van der Waals surface area contributed by atoms with Crippen LogP contribution in [0.2, 0.25) is 0 Å². The van der Waals surface area contributed by atoms with Gasteiger partial charge in [-0.05, 0) is 41.1 Å². The van der Waals surface area contributed by atoms with Crippen LogP contribution in [0.15, 0.2) is 59.5 Å². The largest absolute Gasteiger partial charge is 0.296 e. The van der Waals surface area contributed by atoms with Crippen LogP contribution in [0, 0.1) is 0 Å². The van der Waals surface area contributed by atoms with E-state index in [2.05, 4.69) is 38.0 Å². The second kappa shape index (κ2) is 9.59. The maximum Gasteiger partial charge on any atom is 0.258 e. The van der Waals surface area contributed by atoms with Crippen molar-refractivity contribution in [3.05, 3.63) is 71.0 Å². The van der Waals surface area contributed by atoms with Gasteiger partial charge in [-0.25, -0.2) is 0 Å². The molecule has 1 amide bonds. The molecule has 0 spiro atoms. The van der Waals surface area contributed by atoms with E-state index in [1.807, 2.05) is 48.5 Å². The molecule has 4 rings (SSSR count). The van der Waals surface area contributed by atoms with Gasteiger partial charge in [0.2, 0.25) is 5.13 Å². The van der Waals surface area contributed by atoms with Gasteiger partial charge in [0.05, 0.1) is 17.0 Å². The van der Waals surface area contributed by atoms with E-state index in [-0.39, 0.29) is 5.91 Å². The van der Waals surface area contributed by atoms with E-state index in [9.17, 15) is 4.79 Å². The minimum absolute atomic E-state index is 0.208. The lowest BCUT2D eigenvalue weighted by Crippen LogP contribution is -2.13. The number of amides is 1. The van der Waals surface area contributed by atoms with E-state index in [4.69, 9.17) is 0 Å². The third-order valence-corrected chi connectivity index (χ3v) is 6.14. The maximum absolute atomic E-state index is 12.8. The predicted molar refractivity (Wildman–Crippen MR) is 117 cm³/mol. The number of hydrogen-bond donors (Lipinski definition) is 1. The monoisotopic (exact) mass is 437 g/mol. The number of rotatable bonds is 8. The summed E-state index contributed by atoms with van der Waals surface area (Å²) in [5, 5.41) is 24.5. The fourth-order valence-corrected chi connectivity index (χ4v) is 4.56. The number of tetrazole rings is 1. The van der Waals surface area contributed by atoms with Crippen molar-refractivity contribution in [1.29, 1.82) is 0 Å². The highest BCUT2D eigenvalue weighted by Gasteiger charge is 2.16. The number of carbonyl (C=O) groups excluding carboxylic acids is 1. The van der Waals surface area contributed by atoms with Gasteiger partial charge >= 0.3 is 0 Å². The number of benzene rings is 2. The molecule has 0 aliphatic rings. The summed E-state index contributed by atoms with van der Waals surface area (Å²) in [7, 11) is 0. The Hall–Kier alpha value is -3.11. The third kappa shape index (κ3) is 4.71. The van der Waals surface area contributed by atoms with Crippen molar-refractivity contribution in [3.8, 4) is 5.69 Å². The minimum atomic E-state index is -0.208. The zero-order valence-electron chi connectivity index (χ0n) is 16.2. The van der Waals surface area contributed by atoms with Gasteiger partial charge in [0.15, 0.2) is 5.82 Å². The standard InChI is InChI=1S/C20H19N7OS2/c1-2-8-18-23-24-20(30-18)21-19(28)15-11-6-7-12-16(15)29-13-17-22-25-26-27(17)14-9-4-3-5-10-14/h3-7,9-12H,2,8,13H2,1H3,(H,21,24,28). The van der Waals surface area contributed by atoms with Crippen LogP contribution < -0.4 is 5.32 Å². The van der Waals surface area contributed by atoms with Gasteiger partial charge in [0, 0.05) is 11.3 Å². The summed E-state index contributed by atoms with van der Waals surface area (Å²) in [5.74, 6) is 1.01. The lowest BCUT2D eigenvalue weighted by Gasteiger charge is -2.08. The quantitative estimate of drug-likeness (QED) is 0.416. The smallest absolute Gasteiger partial charge is 0.258 e. The molecule has 2 aromatic heterocycles. The van der Waals surface area contributed by atoms with Crippen molar-refractivity contribution in [1.82, 2.24) is 30.4 Å². The van der Waals surface area contributed by atoms with Crippen LogP contribution in [0.1, 0.15) is 34.5 Å². The van der Waals surface area contributed by atoms with Gasteiger partial charge in [-0.15, -0.1) is 27.1 Å². The SMILES string of the molecule is CCCc1nnc(NC(=O)c2ccccc2SCc2nnnn2-c2ccccc2)s1. The van der Waals surface area contributed by atoms with Gasteiger partial charge in [-0.1, -0.05) is 48.6 Å². The number of hydrogen-bond acceptors (Lipinski definition) is 8. The number of thioether (sulfide) groups is 1. The zero-order valence-corrected chi connectivity index (χ0v) is 17.9. The normalized spacial score (nSPS) is 10.8. The topological polar surface area (TPSA) is 98.5 Å². The molecular weight excluding hydrogens is 418 g/mol. The Morgan fingerprint density at radius 1 is 1.07 bits per heavy atom. The first-order valence-electron chi connectivity index (χ1n) is 9.43. The fraction of sp³-hybridized carbons (Fsp3) is 0.200. The zero-order chi connectivity index (χ0) is 20.8. The van der Waals surface area contributed by atoms with Crippen LogP contribution in [0.3, 0.4) is 0 Å².